The number of nitrogens with one attached hydrogen (secondary N) is 1. The molecule has 0 radical (unpaired) electrons. The van der Waals surface area contributed by atoms with Crippen molar-refractivity contribution in [2.75, 3.05) is 5.32 Å². The lowest BCUT2D eigenvalue weighted by atomic mass is 10.1. The van der Waals surface area contributed by atoms with Crippen LogP contribution in [0.2, 0.25) is 0 Å². The maximum absolute atomic E-state index is 13.8. The van der Waals surface area contributed by atoms with Gasteiger partial charge in [0.1, 0.15) is 17.7 Å². The first-order valence-electron chi connectivity index (χ1n) is 5.68. The number of nitriles is 1. The minimum atomic E-state index is -1.21. The number of carboxylic acids is 1. The number of rotatable bonds is 3. The van der Waals surface area contributed by atoms with Crippen LogP contribution in [0.25, 0.3) is 0 Å². The number of carboxylic acid groups (broad SMARTS) is 1. The predicted octanol–water partition coefficient (Wildman–Crippen LogP) is 2.84. The number of halogens is 1. The number of aromatic nitrogens is 1. The fourth-order valence-electron chi connectivity index (χ4n) is 1.67. The molecule has 0 aliphatic carbocycles. The second-order valence-electron chi connectivity index (χ2n) is 4.09. The second kappa shape index (κ2) is 5.36. The summed E-state index contributed by atoms with van der Waals surface area (Å²) in [5.74, 6) is -1.70. The van der Waals surface area contributed by atoms with Crippen LogP contribution < -0.4 is 5.32 Å². The SMILES string of the molecule is Cc1ccnc(Nc2ccc(C(=O)O)cc2F)c1C#N. The van der Waals surface area contributed by atoms with Crippen LogP contribution in [0.5, 0.6) is 0 Å². The van der Waals surface area contributed by atoms with Crippen LogP contribution in [0.15, 0.2) is 30.5 Å². The van der Waals surface area contributed by atoms with E-state index in [1.54, 1.807) is 13.0 Å². The molecule has 0 fully saturated rings. The standard InChI is InChI=1S/C14H10FN3O2/c1-8-4-5-17-13(10(8)7-16)18-12-3-2-9(14(19)20)6-11(12)15/h2-6H,1H3,(H,17,18)(H,19,20). The molecule has 0 aliphatic heterocycles. The van der Waals surface area contributed by atoms with E-state index in [4.69, 9.17) is 10.4 Å². The van der Waals surface area contributed by atoms with Gasteiger partial charge in [-0.3, -0.25) is 0 Å². The van der Waals surface area contributed by atoms with E-state index < -0.39 is 11.8 Å². The first-order chi connectivity index (χ1) is 9.52. The van der Waals surface area contributed by atoms with Crippen molar-refractivity contribution in [3.05, 3.63) is 53.0 Å². The van der Waals surface area contributed by atoms with Gasteiger partial charge in [0, 0.05) is 6.20 Å². The van der Waals surface area contributed by atoms with E-state index in [0.29, 0.717) is 11.1 Å². The molecule has 0 saturated carbocycles. The van der Waals surface area contributed by atoms with Crippen molar-refractivity contribution in [3.63, 3.8) is 0 Å². The van der Waals surface area contributed by atoms with Gasteiger partial charge in [-0.2, -0.15) is 5.26 Å². The van der Waals surface area contributed by atoms with Crippen molar-refractivity contribution in [1.82, 2.24) is 4.98 Å². The summed E-state index contributed by atoms with van der Waals surface area (Å²) in [5.41, 5.74) is 0.942. The molecule has 0 spiro atoms. The highest BCUT2D eigenvalue weighted by atomic mass is 19.1. The van der Waals surface area contributed by atoms with Gasteiger partial charge < -0.3 is 10.4 Å². The van der Waals surface area contributed by atoms with Gasteiger partial charge in [0.15, 0.2) is 0 Å². The molecule has 100 valence electrons. The largest absolute Gasteiger partial charge is 0.478 e. The third kappa shape index (κ3) is 2.57. The van der Waals surface area contributed by atoms with Gasteiger partial charge in [0.2, 0.25) is 0 Å². The molecule has 2 N–H and O–H groups in total. The second-order valence-corrected chi connectivity index (χ2v) is 4.09. The monoisotopic (exact) mass is 271 g/mol. The maximum Gasteiger partial charge on any atom is 0.335 e. The van der Waals surface area contributed by atoms with E-state index in [1.165, 1.54) is 18.3 Å². The van der Waals surface area contributed by atoms with Crippen LogP contribution in [0.1, 0.15) is 21.5 Å². The molecule has 0 aliphatic rings. The molecule has 2 aromatic rings. The van der Waals surface area contributed by atoms with Gasteiger partial charge in [-0.1, -0.05) is 0 Å². The molecular weight excluding hydrogens is 261 g/mol. The first kappa shape index (κ1) is 13.5. The fourth-order valence-corrected chi connectivity index (χ4v) is 1.67. The average Bonchev–Trinajstić information content (AvgIpc) is 2.41. The quantitative estimate of drug-likeness (QED) is 0.896. The number of pyridine rings is 1. The predicted molar refractivity (Wildman–Crippen MR) is 70.3 cm³/mol. The van der Waals surface area contributed by atoms with E-state index in [9.17, 15) is 9.18 Å². The van der Waals surface area contributed by atoms with Crippen LogP contribution in [0, 0.1) is 24.1 Å². The highest BCUT2D eigenvalue weighted by Crippen LogP contribution is 2.23. The summed E-state index contributed by atoms with van der Waals surface area (Å²) in [5, 5.41) is 20.5. The average molecular weight is 271 g/mol. The van der Waals surface area contributed by atoms with E-state index in [-0.39, 0.29) is 17.1 Å². The smallest absolute Gasteiger partial charge is 0.335 e. The Bertz CT molecular complexity index is 723. The molecule has 20 heavy (non-hydrogen) atoms. The molecule has 1 aromatic heterocycles. The molecule has 6 heteroatoms. The number of aromatic carboxylic acids is 1. The van der Waals surface area contributed by atoms with Crippen molar-refractivity contribution in [2.45, 2.75) is 6.92 Å². The Hall–Kier alpha value is -2.94. The van der Waals surface area contributed by atoms with Crippen molar-refractivity contribution >= 4 is 17.5 Å². The Morgan fingerprint density at radius 2 is 2.20 bits per heavy atom. The zero-order valence-corrected chi connectivity index (χ0v) is 10.5. The van der Waals surface area contributed by atoms with Gasteiger partial charge in [-0.15, -0.1) is 0 Å². The normalized spacial score (nSPS) is 9.85. The summed E-state index contributed by atoms with van der Waals surface area (Å²) in [6.07, 6.45) is 1.50. The number of aryl methyl sites for hydroxylation is 1. The number of benzene rings is 1. The molecule has 1 aromatic carbocycles. The third-order valence-corrected chi connectivity index (χ3v) is 2.74. The van der Waals surface area contributed by atoms with Crippen LogP contribution in [0.3, 0.4) is 0 Å². The molecule has 5 nitrogen and oxygen atoms in total. The zero-order chi connectivity index (χ0) is 14.7. The van der Waals surface area contributed by atoms with Crippen molar-refractivity contribution < 1.29 is 14.3 Å². The topological polar surface area (TPSA) is 86.0 Å². The first-order valence-corrected chi connectivity index (χ1v) is 5.68. The molecule has 0 bridgehead atoms. The summed E-state index contributed by atoms with van der Waals surface area (Å²) < 4.78 is 13.8. The van der Waals surface area contributed by atoms with E-state index in [0.717, 1.165) is 6.07 Å². The van der Waals surface area contributed by atoms with Crippen molar-refractivity contribution in [3.8, 4) is 6.07 Å². The summed E-state index contributed by atoms with van der Waals surface area (Å²) >= 11 is 0. The van der Waals surface area contributed by atoms with Crippen LogP contribution in [0.4, 0.5) is 15.9 Å². The lowest BCUT2D eigenvalue weighted by Gasteiger charge is -2.09. The van der Waals surface area contributed by atoms with Crippen LogP contribution in [-0.4, -0.2) is 16.1 Å². The minimum Gasteiger partial charge on any atom is -0.478 e. The highest BCUT2D eigenvalue weighted by Gasteiger charge is 2.11. The van der Waals surface area contributed by atoms with Gasteiger partial charge >= 0.3 is 5.97 Å². The molecular formula is C14H10FN3O2. The fraction of sp³-hybridized carbons (Fsp3) is 0.0714. The minimum absolute atomic E-state index is 0.0598. The van der Waals surface area contributed by atoms with E-state index in [1.807, 2.05) is 6.07 Å². The van der Waals surface area contributed by atoms with Gasteiger partial charge in [0.05, 0.1) is 16.8 Å². The Labute approximate surface area is 114 Å². The van der Waals surface area contributed by atoms with Gasteiger partial charge in [-0.05, 0) is 36.8 Å². The number of hydrogen-bond acceptors (Lipinski definition) is 4. The molecule has 0 amide bonds. The molecule has 1 heterocycles. The Kier molecular flexibility index (Phi) is 3.62. The summed E-state index contributed by atoms with van der Waals surface area (Å²) in [6.45, 7) is 1.75. The molecule has 0 unspecified atom stereocenters. The van der Waals surface area contributed by atoms with Gasteiger partial charge in [0.25, 0.3) is 0 Å². The number of carbonyl (C=O) groups is 1. The third-order valence-electron chi connectivity index (χ3n) is 2.74. The Morgan fingerprint density at radius 3 is 2.80 bits per heavy atom. The lowest BCUT2D eigenvalue weighted by Crippen LogP contribution is -2.02. The number of anilines is 2. The van der Waals surface area contributed by atoms with Crippen molar-refractivity contribution in [2.24, 2.45) is 0 Å². The molecule has 0 atom stereocenters. The van der Waals surface area contributed by atoms with Crippen LogP contribution in [-0.2, 0) is 0 Å². The summed E-state index contributed by atoms with van der Waals surface area (Å²) in [4.78, 5) is 14.7. The number of nitrogens with zero attached hydrogens (tertiary/aromatic N) is 2. The summed E-state index contributed by atoms with van der Waals surface area (Å²) in [7, 11) is 0. The Morgan fingerprint density at radius 1 is 1.45 bits per heavy atom. The molecule has 0 saturated heterocycles. The number of hydrogen-bond donors (Lipinski definition) is 2. The molecule has 2 rings (SSSR count). The van der Waals surface area contributed by atoms with Crippen molar-refractivity contribution in [1.29, 1.82) is 5.26 Å². The zero-order valence-electron chi connectivity index (χ0n) is 10.5. The van der Waals surface area contributed by atoms with E-state index in [2.05, 4.69) is 10.3 Å². The van der Waals surface area contributed by atoms with E-state index >= 15 is 0 Å². The van der Waals surface area contributed by atoms with Crippen LogP contribution >= 0.6 is 0 Å². The maximum atomic E-state index is 13.8. The lowest BCUT2D eigenvalue weighted by molar-refractivity contribution is 0.0696. The Balaban J connectivity index is 2.39. The summed E-state index contributed by atoms with van der Waals surface area (Å²) in [6, 6.07) is 7.14. The van der Waals surface area contributed by atoms with Gasteiger partial charge in [-0.25, -0.2) is 14.2 Å². The highest BCUT2D eigenvalue weighted by molar-refractivity contribution is 5.88.